The Balaban J connectivity index is 2.23. The van der Waals surface area contributed by atoms with E-state index in [0.717, 1.165) is 5.56 Å². The van der Waals surface area contributed by atoms with E-state index in [2.05, 4.69) is 22.9 Å². The van der Waals surface area contributed by atoms with E-state index in [4.69, 9.17) is 11.6 Å². The first-order valence-corrected chi connectivity index (χ1v) is 6.26. The van der Waals surface area contributed by atoms with Gasteiger partial charge in [0.15, 0.2) is 0 Å². The molecule has 0 aliphatic rings. The van der Waals surface area contributed by atoms with Crippen LogP contribution in [0.25, 0.3) is 0 Å². The van der Waals surface area contributed by atoms with Gasteiger partial charge in [-0.05, 0) is 43.8 Å². The summed E-state index contributed by atoms with van der Waals surface area (Å²) in [5.74, 6) is -0.371. The average Bonchev–Trinajstić information content (AvgIpc) is 2.81. The van der Waals surface area contributed by atoms with Crippen molar-refractivity contribution in [3.05, 3.63) is 58.6 Å². The fraction of sp³-hybridized carbons (Fsp3) is 0.286. The predicted molar refractivity (Wildman–Crippen MR) is 72.4 cm³/mol. The van der Waals surface area contributed by atoms with E-state index < -0.39 is 0 Å². The standard InChI is InChI=1S/C14H16ClFN2/c1-10(17-2)14-4-3-7-18(14)9-11-5-6-12(15)13(16)8-11/h3-8,10,17H,9H2,1-2H3. The molecule has 0 aliphatic heterocycles. The first-order chi connectivity index (χ1) is 8.61. The summed E-state index contributed by atoms with van der Waals surface area (Å²) in [7, 11) is 1.92. The van der Waals surface area contributed by atoms with Crippen LogP contribution < -0.4 is 5.32 Å². The third kappa shape index (κ3) is 2.74. The van der Waals surface area contributed by atoms with Gasteiger partial charge >= 0.3 is 0 Å². The first kappa shape index (κ1) is 13.1. The Morgan fingerprint density at radius 2 is 2.17 bits per heavy atom. The lowest BCUT2D eigenvalue weighted by atomic mass is 10.2. The summed E-state index contributed by atoms with van der Waals surface area (Å²) in [6.07, 6.45) is 2.00. The highest BCUT2D eigenvalue weighted by molar-refractivity contribution is 6.30. The maximum absolute atomic E-state index is 13.4. The van der Waals surface area contributed by atoms with E-state index >= 15 is 0 Å². The smallest absolute Gasteiger partial charge is 0.142 e. The van der Waals surface area contributed by atoms with Crippen LogP contribution in [0.3, 0.4) is 0 Å². The minimum atomic E-state index is -0.371. The second kappa shape index (κ2) is 5.55. The van der Waals surface area contributed by atoms with Crippen molar-refractivity contribution < 1.29 is 4.39 Å². The summed E-state index contributed by atoms with van der Waals surface area (Å²) < 4.78 is 15.5. The van der Waals surface area contributed by atoms with Crippen LogP contribution in [0.2, 0.25) is 5.02 Å². The first-order valence-electron chi connectivity index (χ1n) is 5.88. The number of nitrogens with zero attached hydrogens (tertiary/aromatic N) is 1. The van der Waals surface area contributed by atoms with E-state index in [-0.39, 0.29) is 16.9 Å². The van der Waals surface area contributed by atoms with Crippen LogP contribution in [0.5, 0.6) is 0 Å². The van der Waals surface area contributed by atoms with Gasteiger partial charge in [0.1, 0.15) is 5.82 Å². The van der Waals surface area contributed by atoms with Gasteiger partial charge < -0.3 is 9.88 Å². The predicted octanol–water partition coefficient (Wildman–Crippen LogP) is 3.61. The molecule has 1 heterocycles. The van der Waals surface area contributed by atoms with Crippen LogP contribution in [0.4, 0.5) is 4.39 Å². The van der Waals surface area contributed by atoms with Crippen molar-refractivity contribution in [3.8, 4) is 0 Å². The van der Waals surface area contributed by atoms with Gasteiger partial charge in [-0.1, -0.05) is 17.7 Å². The number of aromatic nitrogens is 1. The molecular weight excluding hydrogens is 251 g/mol. The van der Waals surface area contributed by atoms with Crippen molar-refractivity contribution in [3.63, 3.8) is 0 Å². The third-order valence-electron chi connectivity index (χ3n) is 3.08. The lowest BCUT2D eigenvalue weighted by molar-refractivity contribution is 0.586. The maximum atomic E-state index is 13.4. The van der Waals surface area contributed by atoms with Crippen molar-refractivity contribution >= 4 is 11.6 Å². The Hall–Kier alpha value is -1.32. The van der Waals surface area contributed by atoms with E-state index in [9.17, 15) is 4.39 Å². The normalized spacial score (nSPS) is 12.7. The highest BCUT2D eigenvalue weighted by Crippen LogP contribution is 2.18. The molecule has 0 amide bonds. The Morgan fingerprint density at radius 1 is 1.39 bits per heavy atom. The van der Waals surface area contributed by atoms with Crippen LogP contribution in [-0.4, -0.2) is 11.6 Å². The largest absolute Gasteiger partial charge is 0.346 e. The van der Waals surface area contributed by atoms with Crippen LogP contribution in [0, 0.1) is 5.82 Å². The Bertz CT molecular complexity index is 536. The summed E-state index contributed by atoms with van der Waals surface area (Å²) in [5, 5.41) is 3.36. The van der Waals surface area contributed by atoms with Crippen LogP contribution >= 0.6 is 11.6 Å². The molecule has 2 nitrogen and oxygen atoms in total. The Labute approximate surface area is 111 Å². The van der Waals surface area contributed by atoms with Crippen molar-refractivity contribution in [1.29, 1.82) is 0 Å². The summed E-state index contributed by atoms with van der Waals surface area (Å²) >= 11 is 5.67. The maximum Gasteiger partial charge on any atom is 0.142 e. The molecule has 0 saturated heterocycles. The number of halogens is 2. The molecule has 0 bridgehead atoms. The highest BCUT2D eigenvalue weighted by atomic mass is 35.5. The summed E-state index contributed by atoms with van der Waals surface area (Å²) in [6, 6.07) is 9.24. The van der Waals surface area contributed by atoms with Gasteiger partial charge in [-0.15, -0.1) is 0 Å². The molecule has 1 aromatic heterocycles. The molecular formula is C14H16ClFN2. The van der Waals surface area contributed by atoms with Gasteiger partial charge in [0.05, 0.1) is 5.02 Å². The molecule has 1 N–H and O–H groups in total. The Kier molecular flexibility index (Phi) is 4.04. The fourth-order valence-corrected chi connectivity index (χ4v) is 2.06. The van der Waals surface area contributed by atoms with Gasteiger partial charge in [-0.3, -0.25) is 0 Å². The summed E-state index contributed by atoms with van der Waals surface area (Å²) in [4.78, 5) is 0. The number of hydrogen-bond acceptors (Lipinski definition) is 1. The second-order valence-corrected chi connectivity index (χ2v) is 4.73. The van der Waals surface area contributed by atoms with Crippen LogP contribution in [-0.2, 0) is 6.54 Å². The molecule has 1 atom stereocenters. The minimum Gasteiger partial charge on any atom is -0.346 e. The molecule has 0 spiro atoms. The average molecular weight is 267 g/mol. The molecule has 2 rings (SSSR count). The highest BCUT2D eigenvalue weighted by Gasteiger charge is 2.09. The molecule has 18 heavy (non-hydrogen) atoms. The third-order valence-corrected chi connectivity index (χ3v) is 3.38. The molecule has 0 fully saturated rings. The van der Waals surface area contributed by atoms with Gasteiger partial charge in [0.25, 0.3) is 0 Å². The lowest BCUT2D eigenvalue weighted by Crippen LogP contribution is -2.16. The molecule has 4 heteroatoms. The number of rotatable bonds is 4. The van der Waals surface area contributed by atoms with E-state index in [1.807, 2.05) is 25.4 Å². The zero-order valence-electron chi connectivity index (χ0n) is 10.5. The van der Waals surface area contributed by atoms with Crippen LogP contribution in [0.15, 0.2) is 36.5 Å². The number of nitrogens with one attached hydrogen (secondary N) is 1. The SMILES string of the molecule is CNC(C)c1cccn1Cc1ccc(Cl)c(F)c1. The molecule has 1 aromatic carbocycles. The number of benzene rings is 1. The van der Waals surface area contributed by atoms with Gasteiger partial charge in [0, 0.05) is 24.5 Å². The van der Waals surface area contributed by atoms with E-state index in [1.54, 1.807) is 6.07 Å². The Morgan fingerprint density at radius 3 is 2.83 bits per heavy atom. The molecule has 96 valence electrons. The zero-order valence-corrected chi connectivity index (χ0v) is 11.2. The molecule has 0 radical (unpaired) electrons. The minimum absolute atomic E-state index is 0.162. The fourth-order valence-electron chi connectivity index (χ4n) is 1.95. The van der Waals surface area contributed by atoms with E-state index in [0.29, 0.717) is 6.54 Å². The van der Waals surface area contributed by atoms with Crippen LogP contribution in [0.1, 0.15) is 24.2 Å². The lowest BCUT2D eigenvalue weighted by Gasteiger charge is -2.15. The van der Waals surface area contributed by atoms with Crippen molar-refractivity contribution in [2.75, 3.05) is 7.05 Å². The van der Waals surface area contributed by atoms with Gasteiger partial charge in [-0.25, -0.2) is 4.39 Å². The molecule has 0 aliphatic carbocycles. The summed E-state index contributed by atoms with van der Waals surface area (Å²) in [5.41, 5.74) is 2.07. The van der Waals surface area contributed by atoms with Crippen molar-refractivity contribution in [1.82, 2.24) is 9.88 Å². The summed E-state index contributed by atoms with van der Waals surface area (Å²) in [6.45, 7) is 2.73. The van der Waals surface area contributed by atoms with Crippen molar-refractivity contribution in [2.45, 2.75) is 19.5 Å². The quantitative estimate of drug-likeness (QED) is 0.895. The molecule has 1 unspecified atom stereocenters. The van der Waals surface area contributed by atoms with Crippen molar-refractivity contribution in [2.24, 2.45) is 0 Å². The van der Waals surface area contributed by atoms with Gasteiger partial charge in [-0.2, -0.15) is 0 Å². The second-order valence-electron chi connectivity index (χ2n) is 4.32. The monoisotopic (exact) mass is 266 g/mol. The zero-order chi connectivity index (χ0) is 13.1. The molecule has 0 saturated carbocycles. The topological polar surface area (TPSA) is 17.0 Å². The van der Waals surface area contributed by atoms with Gasteiger partial charge in [0.2, 0.25) is 0 Å². The molecule has 2 aromatic rings. The van der Waals surface area contributed by atoms with E-state index in [1.165, 1.54) is 11.8 Å². The number of hydrogen-bond donors (Lipinski definition) is 1.